The van der Waals surface area contributed by atoms with Crippen LogP contribution in [0.4, 0.5) is 10.5 Å². The number of anilines is 1. The number of para-hydroxylation sites is 1. The molecule has 2 amide bonds. The maximum Gasteiger partial charge on any atom is 0.298 e. The fourth-order valence-electron chi connectivity index (χ4n) is 2.56. The van der Waals surface area contributed by atoms with Crippen molar-refractivity contribution >= 4 is 34.7 Å². The number of carbonyl (C=O) groups is 2. The molecule has 1 fully saturated rings. The third-order valence-corrected chi connectivity index (χ3v) is 4.69. The molecule has 1 aliphatic heterocycles. The van der Waals surface area contributed by atoms with E-state index in [1.807, 2.05) is 56.3 Å². The highest BCUT2D eigenvalue weighted by Gasteiger charge is 2.37. The molecule has 3 rings (SSSR count). The van der Waals surface area contributed by atoms with E-state index in [0.717, 1.165) is 28.5 Å². The Labute approximate surface area is 145 Å². The van der Waals surface area contributed by atoms with Crippen LogP contribution in [-0.2, 0) is 4.79 Å². The molecule has 0 atom stereocenters. The standard InChI is InChI=1S/C19H17NO3S/c1-12-8-9-13(2)15(10-12)20-18(21)17(24-19(20)22)11-14-6-4-5-7-16(14)23-3/h4-11H,1-3H3/b17-11-. The van der Waals surface area contributed by atoms with Crippen molar-refractivity contribution in [2.75, 3.05) is 12.0 Å². The topological polar surface area (TPSA) is 46.6 Å². The molecule has 1 saturated heterocycles. The summed E-state index contributed by atoms with van der Waals surface area (Å²) in [4.78, 5) is 26.8. The highest BCUT2D eigenvalue weighted by atomic mass is 32.2. The van der Waals surface area contributed by atoms with Gasteiger partial charge in [-0.15, -0.1) is 0 Å². The molecule has 0 aromatic heterocycles. The van der Waals surface area contributed by atoms with Gasteiger partial charge in [0, 0.05) is 5.56 Å². The molecule has 0 N–H and O–H groups in total. The zero-order valence-corrected chi connectivity index (χ0v) is 14.5. The number of hydrogen-bond acceptors (Lipinski definition) is 4. The number of nitrogens with zero attached hydrogens (tertiary/aromatic N) is 1. The van der Waals surface area contributed by atoms with E-state index in [1.54, 1.807) is 13.2 Å². The van der Waals surface area contributed by atoms with Crippen LogP contribution in [0.3, 0.4) is 0 Å². The molecule has 4 nitrogen and oxygen atoms in total. The maximum atomic E-state index is 12.8. The van der Waals surface area contributed by atoms with Crippen molar-refractivity contribution < 1.29 is 14.3 Å². The predicted octanol–water partition coefficient (Wildman–Crippen LogP) is 4.55. The van der Waals surface area contributed by atoms with Gasteiger partial charge in [0.15, 0.2) is 0 Å². The first-order valence-electron chi connectivity index (χ1n) is 7.49. The average Bonchev–Trinajstić information content (AvgIpc) is 2.84. The molecule has 2 aromatic rings. The monoisotopic (exact) mass is 339 g/mol. The van der Waals surface area contributed by atoms with Crippen LogP contribution in [-0.4, -0.2) is 18.3 Å². The van der Waals surface area contributed by atoms with Gasteiger partial charge in [0.05, 0.1) is 17.7 Å². The van der Waals surface area contributed by atoms with Crippen LogP contribution in [0.25, 0.3) is 6.08 Å². The second-order valence-electron chi connectivity index (χ2n) is 5.55. The number of imide groups is 1. The van der Waals surface area contributed by atoms with Crippen molar-refractivity contribution in [1.82, 2.24) is 0 Å². The minimum atomic E-state index is -0.301. The van der Waals surface area contributed by atoms with Gasteiger partial charge in [0.1, 0.15) is 5.75 Å². The first-order chi connectivity index (χ1) is 11.5. The van der Waals surface area contributed by atoms with E-state index >= 15 is 0 Å². The smallest absolute Gasteiger partial charge is 0.298 e. The molecular formula is C19H17NO3S. The minimum absolute atomic E-state index is 0.283. The SMILES string of the molecule is COc1ccccc1/C=C1\SC(=O)N(c2cc(C)ccc2C)C1=O. The van der Waals surface area contributed by atoms with E-state index < -0.39 is 0 Å². The number of amides is 2. The number of ether oxygens (including phenoxy) is 1. The Morgan fingerprint density at radius 3 is 2.58 bits per heavy atom. The summed E-state index contributed by atoms with van der Waals surface area (Å²) < 4.78 is 5.30. The zero-order chi connectivity index (χ0) is 17.3. The van der Waals surface area contributed by atoms with E-state index in [1.165, 1.54) is 4.90 Å². The van der Waals surface area contributed by atoms with E-state index in [2.05, 4.69) is 0 Å². The Morgan fingerprint density at radius 1 is 1.08 bits per heavy atom. The highest BCUT2D eigenvalue weighted by Crippen LogP contribution is 2.38. The Morgan fingerprint density at radius 2 is 1.83 bits per heavy atom. The number of hydrogen-bond donors (Lipinski definition) is 0. The summed E-state index contributed by atoms with van der Waals surface area (Å²) in [6, 6.07) is 13.1. The third-order valence-electron chi connectivity index (χ3n) is 3.82. The number of carbonyl (C=O) groups excluding carboxylic acids is 2. The van der Waals surface area contributed by atoms with E-state index in [-0.39, 0.29) is 11.1 Å². The summed E-state index contributed by atoms with van der Waals surface area (Å²) >= 11 is 0.948. The lowest BCUT2D eigenvalue weighted by molar-refractivity contribution is -0.113. The van der Waals surface area contributed by atoms with Gasteiger partial charge < -0.3 is 4.74 Å². The number of methoxy groups -OCH3 is 1. The summed E-state index contributed by atoms with van der Waals surface area (Å²) in [6.07, 6.45) is 1.70. The first-order valence-corrected chi connectivity index (χ1v) is 8.31. The van der Waals surface area contributed by atoms with Gasteiger partial charge >= 0.3 is 0 Å². The van der Waals surface area contributed by atoms with Crippen molar-refractivity contribution in [3.63, 3.8) is 0 Å². The van der Waals surface area contributed by atoms with E-state index in [0.29, 0.717) is 16.3 Å². The van der Waals surface area contributed by atoms with Crippen molar-refractivity contribution in [1.29, 1.82) is 0 Å². The molecule has 1 aliphatic rings. The van der Waals surface area contributed by atoms with Gasteiger partial charge in [-0.05, 0) is 54.9 Å². The van der Waals surface area contributed by atoms with Crippen LogP contribution < -0.4 is 9.64 Å². The number of benzene rings is 2. The van der Waals surface area contributed by atoms with Crippen LogP contribution in [0.5, 0.6) is 5.75 Å². The summed E-state index contributed by atoms with van der Waals surface area (Å²) in [5.41, 5.74) is 3.30. The molecule has 0 radical (unpaired) electrons. The van der Waals surface area contributed by atoms with Gasteiger partial charge in [-0.1, -0.05) is 30.3 Å². The summed E-state index contributed by atoms with van der Waals surface area (Å²) in [5.74, 6) is 0.362. The fourth-order valence-corrected chi connectivity index (χ4v) is 3.39. The Balaban J connectivity index is 2.00. The van der Waals surface area contributed by atoms with Gasteiger partial charge in [-0.25, -0.2) is 4.90 Å². The third kappa shape index (κ3) is 2.95. The van der Waals surface area contributed by atoms with E-state index in [9.17, 15) is 9.59 Å². The molecule has 0 bridgehead atoms. The average molecular weight is 339 g/mol. The number of rotatable bonds is 3. The zero-order valence-electron chi connectivity index (χ0n) is 13.7. The molecule has 122 valence electrons. The quantitative estimate of drug-likeness (QED) is 0.770. The molecule has 0 aliphatic carbocycles. The fraction of sp³-hybridized carbons (Fsp3) is 0.158. The highest BCUT2D eigenvalue weighted by molar-refractivity contribution is 8.19. The molecular weight excluding hydrogens is 322 g/mol. The summed E-state index contributed by atoms with van der Waals surface area (Å²) in [7, 11) is 1.58. The lowest BCUT2D eigenvalue weighted by atomic mass is 10.1. The molecule has 0 saturated carbocycles. The number of aryl methyl sites for hydroxylation is 2. The van der Waals surface area contributed by atoms with Gasteiger partial charge in [-0.3, -0.25) is 9.59 Å². The maximum absolute atomic E-state index is 12.8. The number of thioether (sulfide) groups is 1. The van der Waals surface area contributed by atoms with Gasteiger partial charge in [0.25, 0.3) is 11.1 Å². The van der Waals surface area contributed by atoms with Crippen molar-refractivity contribution in [2.45, 2.75) is 13.8 Å². The lowest BCUT2D eigenvalue weighted by Crippen LogP contribution is -2.28. The summed E-state index contributed by atoms with van der Waals surface area (Å²) in [5, 5.41) is -0.283. The van der Waals surface area contributed by atoms with Gasteiger partial charge in [0.2, 0.25) is 0 Å². The predicted molar refractivity (Wildman–Crippen MR) is 97.4 cm³/mol. The molecule has 24 heavy (non-hydrogen) atoms. The Bertz CT molecular complexity index is 857. The van der Waals surface area contributed by atoms with E-state index in [4.69, 9.17) is 4.74 Å². The molecule has 0 spiro atoms. The largest absolute Gasteiger partial charge is 0.496 e. The normalized spacial score (nSPS) is 16.1. The van der Waals surface area contributed by atoms with Crippen molar-refractivity contribution in [2.24, 2.45) is 0 Å². The van der Waals surface area contributed by atoms with Crippen LogP contribution in [0, 0.1) is 13.8 Å². The molecule has 2 aromatic carbocycles. The van der Waals surface area contributed by atoms with Crippen LogP contribution in [0.15, 0.2) is 47.4 Å². The Kier molecular flexibility index (Phi) is 4.44. The van der Waals surface area contributed by atoms with Crippen LogP contribution >= 0.6 is 11.8 Å². The van der Waals surface area contributed by atoms with Crippen LogP contribution in [0.2, 0.25) is 0 Å². The second kappa shape index (κ2) is 6.53. The minimum Gasteiger partial charge on any atom is -0.496 e. The second-order valence-corrected chi connectivity index (χ2v) is 6.54. The molecule has 5 heteroatoms. The van der Waals surface area contributed by atoms with Crippen LogP contribution in [0.1, 0.15) is 16.7 Å². The van der Waals surface area contributed by atoms with Gasteiger partial charge in [-0.2, -0.15) is 0 Å². The lowest BCUT2D eigenvalue weighted by Gasteiger charge is -2.16. The van der Waals surface area contributed by atoms with Crippen molar-refractivity contribution in [3.05, 3.63) is 64.1 Å². The molecule has 1 heterocycles. The Hall–Kier alpha value is -2.53. The summed E-state index contributed by atoms with van der Waals surface area (Å²) in [6.45, 7) is 3.83. The molecule has 0 unspecified atom stereocenters. The van der Waals surface area contributed by atoms with Crippen molar-refractivity contribution in [3.8, 4) is 5.75 Å². The first kappa shape index (κ1) is 16.3.